The molecule has 1 aliphatic rings. The van der Waals surface area contributed by atoms with Gasteiger partial charge in [-0.05, 0) is 19.3 Å². The Hall–Kier alpha value is -0.780. The van der Waals surface area contributed by atoms with Crippen LogP contribution in [0.5, 0.6) is 0 Å². The van der Waals surface area contributed by atoms with Crippen LogP contribution in [0.15, 0.2) is 0 Å². The quantitative estimate of drug-likeness (QED) is 0.805. The monoisotopic (exact) mass is 238 g/mol. The van der Waals surface area contributed by atoms with Gasteiger partial charge >= 0.3 is 6.18 Å². The Balaban J connectivity index is 2.29. The van der Waals surface area contributed by atoms with Crippen LogP contribution in [-0.4, -0.2) is 42.7 Å². The number of halogens is 3. The van der Waals surface area contributed by atoms with Crippen molar-refractivity contribution in [1.82, 2.24) is 10.2 Å². The lowest BCUT2D eigenvalue weighted by molar-refractivity contribution is -0.134. The van der Waals surface area contributed by atoms with Crippen molar-refractivity contribution in [1.29, 1.82) is 0 Å². The second kappa shape index (κ2) is 5.52. The Morgan fingerprint density at radius 3 is 2.75 bits per heavy atom. The van der Waals surface area contributed by atoms with Crippen molar-refractivity contribution < 1.29 is 18.0 Å². The van der Waals surface area contributed by atoms with E-state index in [0.717, 1.165) is 19.3 Å². The van der Waals surface area contributed by atoms with E-state index in [9.17, 15) is 18.0 Å². The third kappa shape index (κ3) is 4.00. The molecule has 0 aromatic rings. The van der Waals surface area contributed by atoms with Crippen LogP contribution >= 0.6 is 0 Å². The number of carbonyl (C=O) groups excluding carboxylic acids is 1. The van der Waals surface area contributed by atoms with Gasteiger partial charge in [-0.2, -0.15) is 13.2 Å². The third-order valence-corrected chi connectivity index (χ3v) is 2.77. The molecule has 1 fully saturated rings. The van der Waals surface area contributed by atoms with E-state index >= 15 is 0 Å². The molecule has 0 spiro atoms. The number of nitrogens with zero attached hydrogens (tertiary/aromatic N) is 1. The van der Waals surface area contributed by atoms with E-state index in [1.807, 2.05) is 6.92 Å². The van der Waals surface area contributed by atoms with Crippen molar-refractivity contribution in [3.05, 3.63) is 0 Å². The van der Waals surface area contributed by atoms with Crippen molar-refractivity contribution in [3.8, 4) is 0 Å². The summed E-state index contributed by atoms with van der Waals surface area (Å²) in [6.07, 6.45) is -1.48. The number of nitrogens with one attached hydrogen (secondary N) is 1. The van der Waals surface area contributed by atoms with Gasteiger partial charge in [-0.15, -0.1) is 0 Å². The molecule has 1 heterocycles. The predicted octanol–water partition coefficient (Wildman–Crippen LogP) is 1.54. The molecule has 0 aromatic heterocycles. The first-order valence-electron chi connectivity index (χ1n) is 5.51. The number of carbonyl (C=O) groups is 1. The Bertz CT molecular complexity index is 243. The van der Waals surface area contributed by atoms with Gasteiger partial charge in [0.15, 0.2) is 0 Å². The van der Waals surface area contributed by atoms with Crippen molar-refractivity contribution in [2.75, 3.05) is 19.6 Å². The van der Waals surface area contributed by atoms with E-state index in [1.165, 1.54) is 0 Å². The van der Waals surface area contributed by atoms with Crippen LogP contribution in [0.4, 0.5) is 13.2 Å². The standard InChI is InChI=1S/C10H17F3N2O/c1-2-8-4-3-5-15(8)9(16)6-14-7-10(11,12)13/h8,14H,2-7H2,1H3. The van der Waals surface area contributed by atoms with Gasteiger partial charge in [0.05, 0.1) is 13.1 Å². The summed E-state index contributed by atoms with van der Waals surface area (Å²) in [6, 6.07) is 0.209. The predicted molar refractivity (Wildman–Crippen MR) is 54.0 cm³/mol. The van der Waals surface area contributed by atoms with Gasteiger partial charge in [0.25, 0.3) is 0 Å². The zero-order valence-corrected chi connectivity index (χ0v) is 9.31. The molecule has 94 valence electrons. The number of rotatable bonds is 4. The molecule has 0 aromatic carbocycles. The zero-order valence-electron chi connectivity index (χ0n) is 9.31. The van der Waals surface area contributed by atoms with Crippen molar-refractivity contribution >= 4 is 5.91 Å². The first-order valence-corrected chi connectivity index (χ1v) is 5.51. The van der Waals surface area contributed by atoms with Gasteiger partial charge in [0, 0.05) is 12.6 Å². The molecule has 16 heavy (non-hydrogen) atoms. The van der Waals surface area contributed by atoms with E-state index in [0.29, 0.717) is 6.54 Å². The van der Waals surface area contributed by atoms with E-state index < -0.39 is 12.7 Å². The minimum absolute atomic E-state index is 0.209. The highest BCUT2D eigenvalue weighted by molar-refractivity contribution is 5.78. The molecule has 1 atom stereocenters. The lowest BCUT2D eigenvalue weighted by Crippen LogP contribution is -2.42. The number of alkyl halides is 3. The van der Waals surface area contributed by atoms with Gasteiger partial charge in [-0.3, -0.25) is 4.79 Å². The summed E-state index contributed by atoms with van der Waals surface area (Å²) in [5.41, 5.74) is 0. The Morgan fingerprint density at radius 1 is 1.50 bits per heavy atom. The molecule has 1 aliphatic heterocycles. The van der Waals surface area contributed by atoms with Gasteiger partial charge in [-0.25, -0.2) is 0 Å². The maximum atomic E-state index is 11.8. The van der Waals surface area contributed by atoms with Crippen LogP contribution < -0.4 is 5.32 Å². The van der Waals surface area contributed by atoms with E-state index in [1.54, 1.807) is 4.90 Å². The average Bonchev–Trinajstić information content (AvgIpc) is 2.63. The molecule has 0 saturated carbocycles. The lowest BCUT2D eigenvalue weighted by atomic mass is 10.2. The second-order valence-electron chi connectivity index (χ2n) is 4.01. The number of amides is 1. The average molecular weight is 238 g/mol. The molecule has 1 amide bonds. The van der Waals surface area contributed by atoms with Crippen molar-refractivity contribution in [3.63, 3.8) is 0 Å². The maximum absolute atomic E-state index is 11.8. The molecule has 6 heteroatoms. The third-order valence-electron chi connectivity index (χ3n) is 2.77. The largest absolute Gasteiger partial charge is 0.401 e. The molecule has 1 saturated heterocycles. The normalized spacial score (nSPS) is 21.5. The minimum atomic E-state index is -4.25. The maximum Gasteiger partial charge on any atom is 0.401 e. The SMILES string of the molecule is CCC1CCCN1C(=O)CNCC(F)(F)F. The van der Waals surface area contributed by atoms with Gasteiger partial charge < -0.3 is 10.2 Å². The first-order chi connectivity index (χ1) is 7.44. The van der Waals surface area contributed by atoms with Gasteiger partial charge in [0.2, 0.25) is 5.91 Å². The number of likely N-dealkylation sites (tertiary alicyclic amines) is 1. The summed E-state index contributed by atoms with van der Waals surface area (Å²) in [4.78, 5) is 13.3. The summed E-state index contributed by atoms with van der Waals surface area (Å²) in [6.45, 7) is 1.32. The fourth-order valence-corrected chi connectivity index (χ4v) is 2.00. The van der Waals surface area contributed by atoms with Gasteiger partial charge in [-0.1, -0.05) is 6.92 Å². The first kappa shape index (κ1) is 13.3. The molecular weight excluding hydrogens is 221 g/mol. The van der Waals surface area contributed by atoms with Crippen LogP contribution in [0.25, 0.3) is 0 Å². The van der Waals surface area contributed by atoms with Crippen molar-refractivity contribution in [2.24, 2.45) is 0 Å². The summed E-state index contributed by atoms with van der Waals surface area (Å²) in [5.74, 6) is -0.228. The Kier molecular flexibility index (Phi) is 4.58. The topological polar surface area (TPSA) is 32.3 Å². The van der Waals surface area contributed by atoms with E-state index in [4.69, 9.17) is 0 Å². The highest BCUT2D eigenvalue weighted by Crippen LogP contribution is 2.19. The summed E-state index contributed by atoms with van der Waals surface area (Å²) in [5, 5.41) is 2.13. The highest BCUT2D eigenvalue weighted by Gasteiger charge is 2.29. The van der Waals surface area contributed by atoms with E-state index in [2.05, 4.69) is 5.32 Å². The second-order valence-corrected chi connectivity index (χ2v) is 4.01. The molecule has 3 nitrogen and oxygen atoms in total. The number of hydrogen-bond donors (Lipinski definition) is 1. The van der Waals surface area contributed by atoms with Crippen LogP contribution in [-0.2, 0) is 4.79 Å². The van der Waals surface area contributed by atoms with Crippen LogP contribution in [0, 0.1) is 0 Å². The van der Waals surface area contributed by atoms with E-state index in [-0.39, 0.29) is 18.5 Å². The van der Waals surface area contributed by atoms with Gasteiger partial charge in [0.1, 0.15) is 0 Å². The summed E-state index contributed by atoms with van der Waals surface area (Å²) >= 11 is 0. The molecule has 1 rings (SSSR count). The number of hydrogen-bond acceptors (Lipinski definition) is 2. The van der Waals surface area contributed by atoms with Crippen molar-refractivity contribution in [2.45, 2.75) is 38.4 Å². The molecule has 0 bridgehead atoms. The molecule has 0 radical (unpaired) electrons. The molecule has 1 unspecified atom stereocenters. The molecular formula is C10H17F3N2O. The Labute approximate surface area is 93.0 Å². The fourth-order valence-electron chi connectivity index (χ4n) is 2.00. The Morgan fingerprint density at radius 2 is 2.19 bits per heavy atom. The summed E-state index contributed by atoms with van der Waals surface area (Å²) < 4.78 is 35.5. The van der Waals surface area contributed by atoms with Crippen LogP contribution in [0.1, 0.15) is 26.2 Å². The lowest BCUT2D eigenvalue weighted by Gasteiger charge is -2.23. The zero-order chi connectivity index (χ0) is 12.2. The highest BCUT2D eigenvalue weighted by atomic mass is 19.4. The van der Waals surface area contributed by atoms with Crippen LogP contribution in [0.3, 0.4) is 0 Å². The molecule has 0 aliphatic carbocycles. The molecule has 1 N–H and O–H groups in total. The minimum Gasteiger partial charge on any atom is -0.339 e. The van der Waals surface area contributed by atoms with Crippen LogP contribution in [0.2, 0.25) is 0 Å². The fraction of sp³-hybridized carbons (Fsp3) is 0.900. The summed E-state index contributed by atoms with van der Waals surface area (Å²) in [7, 11) is 0. The smallest absolute Gasteiger partial charge is 0.339 e.